The van der Waals surface area contributed by atoms with Crippen LogP contribution in [0.3, 0.4) is 0 Å². The van der Waals surface area contributed by atoms with Crippen molar-refractivity contribution in [2.45, 2.75) is 6.42 Å². The number of nitrogens with zero attached hydrogens (tertiary/aromatic N) is 6. The summed E-state index contributed by atoms with van der Waals surface area (Å²) in [4.78, 5) is 22.2. The van der Waals surface area contributed by atoms with E-state index in [9.17, 15) is 0 Å². The average molecular weight is 361 g/mol. The van der Waals surface area contributed by atoms with Crippen LogP contribution in [0.15, 0.2) is 61.1 Å². The normalized spacial score (nSPS) is 14.2. The highest BCUT2D eigenvalue weighted by Crippen LogP contribution is 2.17. The van der Waals surface area contributed by atoms with Crippen LogP contribution in [-0.2, 0) is 6.42 Å². The lowest BCUT2D eigenvalue weighted by molar-refractivity contribution is 0.634. The average Bonchev–Trinajstić information content (AvgIpc) is 2.76. The molecule has 0 bridgehead atoms. The van der Waals surface area contributed by atoms with Gasteiger partial charge in [-0.25, -0.2) is 15.0 Å². The summed E-state index contributed by atoms with van der Waals surface area (Å²) in [5.74, 6) is 2.43. The number of aromatic nitrogens is 4. The van der Waals surface area contributed by atoms with Crippen molar-refractivity contribution in [2.75, 3.05) is 47.8 Å². The van der Waals surface area contributed by atoms with Gasteiger partial charge in [-0.05, 0) is 24.1 Å². The van der Waals surface area contributed by atoms with Crippen molar-refractivity contribution in [1.82, 2.24) is 19.9 Å². The van der Waals surface area contributed by atoms with Gasteiger partial charge in [-0.2, -0.15) is 4.98 Å². The summed E-state index contributed by atoms with van der Waals surface area (Å²) < 4.78 is 0. The van der Waals surface area contributed by atoms with Crippen LogP contribution in [0.25, 0.3) is 0 Å². The molecule has 7 heteroatoms. The zero-order valence-electron chi connectivity index (χ0n) is 15.2. The van der Waals surface area contributed by atoms with Crippen molar-refractivity contribution in [3.05, 3.63) is 66.6 Å². The molecule has 2 aromatic heterocycles. The number of hydrogen-bond donors (Lipinski definition) is 1. The Morgan fingerprint density at radius 3 is 2.30 bits per heavy atom. The van der Waals surface area contributed by atoms with Gasteiger partial charge in [-0.1, -0.05) is 30.3 Å². The Morgan fingerprint density at radius 2 is 1.52 bits per heavy atom. The predicted octanol–water partition coefficient (Wildman–Crippen LogP) is 2.25. The van der Waals surface area contributed by atoms with Crippen molar-refractivity contribution in [1.29, 1.82) is 0 Å². The van der Waals surface area contributed by atoms with Crippen LogP contribution in [0.5, 0.6) is 0 Å². The van der Waals surface area contributed by atoms with E-state index in [1.165, 1.54) is 5.56 Å². The minimum atomic E-state index is 0.678. The molecule has 0 unspecified atom stereocenters. The standard InChI is InChI=1S/C20H23N7/c1-2-5-17(6-3-1)7-11-21-19-22-12-8-18(25-19)26-13-15-27(16-14-26)20-23-9-4-10-24-20/h1-6,8-10,12H,7,11,13-16H2,(H,21,22,25). The Balaban J connectivity index is 1.31. The van der Waals surface area contributed by atoms with Gasteiger partial charge in [-0.3, -0.25) is 0 Å². The molecule has 1 aromatic carbocycles. The van der Waals surface area contributed by atoms with Gasteiger partial charge in [0.05, 0.1) is 0 Å². The lowest BCUT2D eigenvalue weighted by atomic mass is 10.1. The topological polar surface area (TPSA) is 70.1 Å². The Labute approximate surface area is 159 Å². The first-order chi connectivity index (χ1) is 13.4. The summed E-state index contributed by atoms with van der Waals surface area (Å²) in [5.41, 5.74) is 1.31. The predicted molar refractivity (Wildman–Crippen MR) is 107 cm³/mol. The van der Waals surface area contributed by atoms with Crippen LogP contribution >= 0.6 is 0 Å². The third kappa shape index (κ3) is 4.49. The highest BCUT2D eigenvalue weighted by atomic mass is 15.3. The van der Waals surface area contributed by atoms with E-state index in [1.807, 2.05) is 24.4 Å². The maximum absolute atomic E-state index is 4.68. The second-order valence-corrected chi connectivity index (χ2v) is 6.42. The molecular weight excluding hydrogens is 338 g/mol. The molecule has 138 valence electrons. The Morgan fingerprint density at radius 1 is 0.778 bits per heavy atom. The molecule has 0 atom stereocenters. The summed E-state index contributed by atoms with van der Waals surface area (Å²) in [6.45, 7) is 4.35. The van der Waals surface area contributed by atoms with E-state index >= 15 is 0 Å². The second-order valence-electron chi connectivity index (χ2n) is 6.42. The van der Waals surface area contributed by atoms with Crippen molar-refractivity contribution in [3.8, 4) is 0 Å². The van der Waals surface area contributed by atoms with Crippen molar-refractivity contribution >= 4 is 17.7 Å². The zero-order chi connectivity index (χ0) is 18.3. The molecule has 0 radical (unpaired) electrons. The van der Waals surface area contributed by atoms with E-state index in [0.29, 0.717) is 5.95 Å². The summed E-state index contributed by atoms with van der Waals surface area (Å²) in [7, 11) is 0. The van der Waals surface area contributed by atoms with Crippen LogP contribution in [0.2, 0.25) is 0 Å². The molecule has 1 N–H and O–H groups in total. The maximum Gasteiger partial charge on any atom is 0.225 e. The quantitative estimate of drug-likeness (QED) is 0.722. The first-order valence-corrected chi connectivity index (χ1v) is 9.26. The lowest BCUT2D eigenvalue weighted by Crippen LogP contribution is -2.47. The monoisotopic (exact) mass is 361 g/mol. The summed E-state index contributed by atoms with van der Waals surface area (Å²) in [5, 5.41) is 3.33. The minimum absolute atomic E-state index is 0.678. The van der Waals surface area contributed by atoms with E-state index in [4.69, 9.17) is 0 Å². The molecule has 3 heterocycles. The first kappa shape index (κ1) is 17.2. The molecule has 0 spiro atoms. The van der Waals surface area contributed by atoms with Gasteiger partial charge in [0, 0.05) is 51.3 Å². The van der Waals surface area contributed by atoms with Gasteiger partial charge < -0.3 is 15.1 Å². The molecular formula is C20H23N7. The molecule has 0 amide bonds. The molecule has 4 rings (SSSR count). The first-order valence-electron chi connectivity index (χ1n) is 9.26. The molecule has 27 heavy (non-hydrogen) atoms. The van der Waals surface area contributed by atoms with Gasteiger partial charge in [0.2, 0.25) is 11.9 Å². The highest BCUT2D eigenvalue weighted by Gasteiger charge is 2.20. The molecule has 1 fully saturated rings. The molecule has 1 aliphatic rings. The molecule has 7 nitrogen and oxygen atoms in total. The van der Waals surface area contributed by atoms with E-state index < -0.39 is 0 Å². The molecule has 0 saturated carbocycles. The van der Waals surface area contributed by atoms with Crippen LogP contribution in [0.4, 0.5) is 17.7 Å². The van der Waals surface area contributed by atoms with Crippen LogP contribution < -0.4 is 15.1 Å². The number of hydrogen-bond acceptors (Lipinski definition) is 7. The van der Waals surface area contributed by atoms with Gasteiger partial charge in [0.25, 0.3) is 0 Å². The van der Waals surface area contributed by atoms with Gasteiger partial charge in [0.1, 0.15) is 5.82 Å². The molecule has 1 aliphatic heterocycles. The van der Waals surface area contributed by atoms with E-state index in [2.05, 4.69) is 59.3 Å². The maximum atomic E-state index is 4.68. The number of benzene rings is 1. The second kappa shape index (κ2) is 8.44. The van der Waals surface area contributed by atoms with Crippen molar-refractivity contribution < 1.29 is 0 Å². The van der Waals surface area contributed by atoms with Gasteiger partial charge in [-0.15, -0.1) is 0 Å². The Hall–Kier alpha value is -3.22. The fourth-order valence-electron chi connectivity index (χ4n) is 3.16. The smallest absolute Gasteiger partial charge is 0.225 e. The van der Waals surface area contributed by atoms with E-state index in [-0.39, 0.29) is 0 Å². The Kier molecular flexibility index (Phi) is 5.38. The Bertz CT molecular complexity index is 833. The van der Waals surface area contributed by atoms with E-state index in [1.54, 1.807) is 12.4 Å². The fraction of sp³-hybridized carbons (Fsp3) is 0.300. The fourth-order valence-corrected chi connectivity index (χ4v) is 3.16. The third-order valence-corrected chi connectivity index (χ3v) is 4.62. The van der Waals surface area contributed by atoms with Crippen LogP contribution in [0.1, 0.15) is 5.56 Å². The highest BCUT2D eigenvalue weighted by molar-refractivity contribution is 5.45. The molecule has 3 aromatic rings. The zero-order valence-corrected chi connectivity index (χ0v) is 15.2. The minimum Gasteiger partial charge on any atom is -0.354 e. The number of anilines is 3. The summed E-state index contributed by atoms with van der Waals surface area (Å²) in [6, 6.07) is 14.2. The molecule has 0 aliphatic carbocycles. The van der Waals surface area contributed by atoms with Crippen molar-refractivity contribution in [3.63, 3.8) is 0 Å². The largest absolute Gasteiger partial charge is 0.354 e. The van der Waals surface area contributed by atoms with Crippen LogP contribution in [0, 0.1) is 0 Å². The third-order valence-electron chi connectivity index (χ3n) is 4.62. The molecule has 1 saturated heterocycles. The lowest BCUT2D eigenvalue weighted by Gasteiger charge is -2.35. The van der Waals surface area contributed by atoms with Gasteiger partial charge in [0.15, 0.2) is 0 Å². The van der Waals surface area contributed by atoms with E-state index in [0.717, 1.165) is 50.9 Å². The van der Waals surface area contributed by atoms with Crippen molar-refractivity contribution in [2.24, 2.45) is 0 Å². The van der Waals surface area contributed by atoms with Gasteiger partial charge >= 0.3 is 0 Å². The number of piperazine rings is 1. The van der Waals surface area contributed by atoms with Crippen LogP contribution in [-0.4, -0.2) is 52.7 Å². The SMILES string of the molecule is c1ccc(CCNc2nccc(N3CCN(c4ncccn4)CC3)n2)cc1. The summed E-state index contributed by atoms with van der Waals surface area (Å²) in [6.07, 6.45) is 6.34. The number of nitrogens with one attached hydrogen (secondary N) is 1. The summed E-state index contributed by atoms with van der Waals surface area (Å²) >= 11 is 0. The number of rotatable bonds is 6.